The molecule has 0 spiro atoms. The van der Waals surface area contributed by atoms with E-state index in [1.54, 1.807) is 12.2 Å². The summed E-state index contributed by atoms with van der Waals surface area (Å²) in [5, 5.41) is 0. The number of hydrogen-bond acceptors (Lipinski definition) is 4. The second-order valence-electron chi connectivity index (χ2n) is 6.40. The highest BCUT2D eigenvalue weighted by molar-refractivity contribution is 5.61. The van der Waals surface area contributed by atoms with Crippen LogP contribution in [0.25, 0.3) is 0 Å². The van der Waals surface area contributed by atoms with Crippen LogP contribution in [0.2, 0.25) is 0 Å². The molecule has 4 nitrogen and oxygen atoms in total. The number of hydrogen-bond donors (Lipinski definition) is 0. The minimum atomic E-state index is 0.716. The van der Waals surface area contributed by atoms with Crippen LogP contribution in [0.5, 0.6) is 0 Å². The van der Waals surface area contributed by atoms with E-state index in [-0.39, 0.29) is 0 Å². The molecule has 27 heavy (non-hydrogen) atoms. The van der Waals surface area contributed by atoms with Crippen molar-refractivity contribution in [3.8, 4) is 0 Å². The topological polar surface area (TPSA) is 58.9 Å². The summed E-state index contributed by atoms with van der Waals surface area (Å²) in [7, 11) is 0. The van der Waals surface area contributed by atoms with E-state index in [4.69, 9.17) is 0 Å². The van der Waals surface area contributed by atoms with Crippen LogP contribution in [0, 0.1) is 0 Å². The predicted molar refractivity (Wildman–Crippen MR) is 109 cm³/mol. The van der Waals surface area contributed by atoms with Crippen molar-refractivity contribution in [2.45, 2.75) is 59.8 Å². The van der Waals surface area contributed by atoms with Gasteiger partial charge in [-0.1, -0.05) is 39.8 Å². The Morgan fingerprint density at radius 3 is 1.30 bits per heavy atom. The zero-order chi connectivity index (χ0) is 19.8. The first-order chi connectivity index (χ1) is 13.1. The van der Waals surface area contributed by atoms with Gasteiger partial charge in [-0.3, -0.25) is 0 Å². The second-order valence-corrected chi connectivity index (χ2v) is 6.40. The molecule has 140 valence electrons. The number of rotatable bonds is 8. The second kappa shape index (κ2) is 9.78. The van der Waals surface area contributed by atoms with Crippen LogP contribution in [-0.4, -0.2) is 12.2 Å². The number of isocyanates is 2. The average molecular weight is 362 g/mol. The van der Waals surface area contributed by atoms with E-state index in [2.05, 4.69) is 49.8 Å². The molecule has 0 radical (unpaired) electrons. The molecule has 2 aromatic rings. The van der Waals surface area contributed by atoms with Gasteiger partial charge in [-0.2, -0.15) is 9.98 Å². The fourth-order valence-corrected chi connectivity index (χ4v) is 3.97. The van der Waals surface area contributed by atoms with Crippen molar-refractivity contribution in [3.05, 3.63) is 57.6 Å². The number of carbonyl (C=O) groups excluding carboxylic acids is 2. The van der Waals surface area contributed by atoms with Gasteiger partial charge in [0.1, 0.15) is 0 Å². The van der Waals surface area contributed by atoms with Gasteiger partial charge in [0.05, 0.1) is 11.4 Å². The zero-order valence-electron chi connectivity index (χ0n) is 16.6. The molecule has 0 aromatic heterocycles. The summed E-state index contributed by atoms with van der Waals surface area (Å²) < 4.78 is 0. The zero-order valence-corrected chi connectivity index (χ0v) is 16.6. The number of benzene rings is 2. The van der Waals surface area contributed by atoms with E-state index in [0.29, 0.717) is 11.4 Å². The van der Waals surface area contributed by atoms with Crippen LogP contribution in [0.3, 0.4) is 0 Å². The average Bonchev–Trinajstić information content (AvgIpc) is 2.69. The predicted octanol–water partition coefficient (Wildman–Crippen LogP) is 5.46. The normalized spacial score (nSPS) is 10.2. The van der Waals surface area contributed by atoms with Gasteiger partial charge in [0, 0.05) is 0 Å². The van der Waals surface area contributed by atoms with Crippen LogP contribution in [0.15, 0.2) is 34.3 Å². The Hall–Kier alpha value is -2.80. The Morgan fingerprint density at radius 2 is 1.00 bits per heavy atom. The smallest absolute Gasteiger partial charge is 0.211 e. The van der Waals surface area contributed by atoms with Crippen molar-refractivity contribution in [2.24, 2.45) is 9.98 Å². The molecule has 0 N–H and O–H groups in total. The minimum Gasteiger partial charge on any atom is -0.211 e. The SMILES string of the molecule is CCc1c(Cc2ccc(N=C=O)c(CC)c2CC)ccc(N=C=O)c1CC. The summed E-state index contributed by atoms with van der Waals surface area (Å²) in [5.41, 5.74) is 8.68. The molecular weight excluding hydrogens is 336 g/mol. The maximum atomic E-state index is 10.7. The minimum absolute atomic E-state index is 0.716. The molecule has 0 saturated carbocycles. The van der Waals surface area contributed by atoms with E-state index >= 15 is 0 Å². The first-order valence-electron chi connectivity index (χ1n) is 9.57. The van der Waals surface area contributed by atoms with E-state index in [1.807, 2.05) is 12.1 Å². The Kier molecular flexibility index (Phi) is 7.43. The Bertz CT molecular complexity index is 843. The van der Waals surface area contributed by atoms with E-state index in [0.717, 1.165) is 43.2 Å². The molecular formula is C23H26N2O2. The van der Waals surface area contributed by atoms with Gasteiger partial charge in [-0.25, -0.2) is 9.59 Å². The van der Waals surface area contributed by atoms with Crippen LogP contribution >= 0.6 is 0 Å². The van der Waals surface area contributed by atoms with Crippen LogP contribution in [0.4, 0.5) is 11.4 Å². The van der Waals surface area contributed by atoms with Gasteiger partial charge in [0.15, 0.2) is 0 Å². The number of aliphatic imine (C=N–C) groups is 2. The van der Waals surface area contributed by atoms with Crippen molar-refractivity contribution < 1.29 is 9.59 Å². The lowest BCUT2D eigenvalue weighted by Gasteiger charge is -2.18. The molecule has 0 bridgehead atoms. The van der Waals surface area contributed by atoms with Crippen molar-refractivity contribution in [1.82, 2.24) is 0 Å². The van der Waals surface area contributed by atoms with Crippen molar-refractivity contribution >= 4 is 23.5 Å². The molecule has 0 heterocycles. The molecule has 0 unspecified atom stereocenters. The molecule has 4 heteroatoms. The summed E-state index contributed by atoms with van der Waals surface area (Å²) in [6.07, 6.45) is 7.56. The summed E-state index contributed by atoms with van der Waals surface area (Å²) in [5.74, 6) is 0. The van der Waals surface area contributed by atoms with Crippen molar-refractivity contribution in [2.75, 3.05) is 0 Å². The Balaban J connectivity index is 2.60. The summed E-state index contributed by atoms with van der Waals surface area (Å²) in [6.45, 7) is 8.43. The van der Waals surface area contributed by atoms with Gasteiger partial charge in [0.2, 0.25) is 12.2 Å². The fourth-order valence-electron chi connectivity index (χ4n) is 3.97. The quantitative estimate of drug-likeness (QED) is 0.462. The van der Waals surface area contributed by atoms with E-state index in [9.17, 15) is 9.59 Å². The maximum absolute atomic E-state index is 10.7. The lowest BCUT2D eigenvalue weighted by atomic mass is 9.88. The van der Waals surface area contributed by atoms with Gasteiger partial charge < -0.3 is 0 Å². The lowest BCUT2D eigenvalue weighted by molar-refractivity contribution is 0.564. The van der Waals surface area contributed by atoms with Gasteiger partial charge in [-0.05, 0) is 77.6 Å². The lowest BCUT2D eigenvalue weighted by Crippen LogP contribution is -2.04. The van der Waals surface area contributed by atoms with E-state index < -0.39 is 0 Å². The van der Waals surface area contributed by atoms with Crippen LogP contribution in [0.1, 0.15) is 61.1 Å². The van der Waals surface area contributed by atoms with Crippen LogP contribution in [-0.2, 0) is 41.7 Å². The molecule has 0 atom stereocenters. The molecule has 0 saturated heterocycles. The molecule has 2 rings (SSSR count). The van der Waals surface area contributed by atoms with E-state index in [1.165, 1.54) is 22.3 Å². The first kappa shape index (κ1) is 20.5. The van der Waals surface area contributed by atoms with Crippen LogP contribution < -0.4 is 0 Å². The molecule has 0 aliphatic rings. The maximum Gasteiger partial charge on any atom is 0.240 e. The Morgan fingerprint density at radius 1 is 0.630 bits per heavy atom. The fraction of sp³-hybridized carbons (Fsp3) is 0.391. The van der Waals surface area contributed by atoms with Gasteiger partial charge in [-0.15, -0.1) is 0 Å². The largest absolute Gasteiger partial charge is 0.240 e. The monoisotopic (exact) mass is 362 g/mol. The third-order valence-electron chi connectivity index (χ3n) is 5.13. The molecule has 0 amide bonds. The first-order valence-corrected chi connectivity index (χ1v) is 9.57. The van der Waals surface area contributed by atoms with Crippen molar-refractivity contribution in [3.63, 3.8) is 0 Å². The summed E-state index contributed by atoms with van der Waals surface area (Å²) in [6, 6.07) is 7.96. The van der Waals surface area contributed by atoms with Gasteiger partial charge in [0.25, 0.3) is 0 Å². The highest BCUT2D eigenvalue weighted by atomic mass is 16.1. The standard InChI is InChI=1S/C23H26N2O2/c1-5-18-16(9-11-22(24-14-26)20(18)7-3)13-17-10-12-23(25-15-27)21(8-4)19(17)6-2/h9-12H,5-8,13H2,1-4H3. The van der Waals surface area contributed by atoms with Crippen molar-refractivity contribution in [1.29, 1.82) is 0 Å². The Labute approximate surface area is 161 Å². The summed E-state index contributed by atoms with van der Waals surface area (Å²) >= 11 is 0. The van der Waals surface area contributed by atoms with Gasteiger partial charge >= 0.3 is 0 Å². The highest BCUT2D eigenvalue weighted by Crippen LogP contribution is 2.32. The molecule has 0 aliphatic carbocycles. The third kappa shape index (κ3) is 4.31. The summed E-state index contributed by atoms with van der Waals surface area (Å²) in [4.78, 5) is 29.2. The molecule has 0 fully saturated rings. The highest BCUT2D eigenvalue weighted by Gasteiger charge is 2.15. The number of nitrogens with zero attached hydrogens (tertiary/aromatic N) is 2. The third-order valence-corrected chi connectivity index (χ3v) is 5.13. The molecule has 0 aliphatic heterocycles. The molecule has 2 aromatic carbocycles.